The number of carbonyl (C=O) groups excluding carboxylic acids is 2. The van der Waals surface area contributed by atoms with E-state index in [0.717, 1.165) is 5.56 Å². The van der Waals surface area contributed by atoms with Crippen LogP contribution in [0.3, 0.4) is 0 Å². The number of amides is 2. The smallest absolute Gasteiger partial charge is 0.263 e. The average molecular weight is 429 g/mol. The van der Waals surface area contributed by atoms with E-state index >= 15 is 0 Å². The Hall–Kier alpha value is -3.20. The molecule has 8 nitrogen and oxygen atoms in total. The van der Waals surface area contributed by atoms with E-state index in [1.54, 1.807) is 42.5 Å². The molecule has 1 aliphatic heterocycles. The summed E-state index contributed by atoms with van der Waals surface area (Å²) in [6, 6.07) is 12.5. The fourth-order valence-corrected chi connectivity index (χ4v) is 4.40. The topological polar surface area (TPSA) is 131 Å². The van der Waals surface area contributed by atoms with Crippen LogP contribution in [0, 0.1) is 5.92 Å². The molecule has 2 amide bonds. The standard InChI is InChI=1S/C21H24N4O4S/c1-3-13(2)19(21(27)23-15-10-8-14(9-11-15)12-18(22)26)24-20-16-6-4-5-7-17(16)30(28,29)25-20/h4-11,13,19H,3,12H2,1-2H3,(H2,22,26)(H,23,27)(H,24,25)/t13-,19-/m0/s1. The van der Waals surface area contributed by atoms with Crippen LogP contribution in [0.15, 0.2) is 58.4 Å². The number of carbonyl (C=O) groups is 2. The molecule has 1 heterocycles. The van der Waals surface area contributed by atoms with Crippen molar-refractivity contribution in [1.29, 1.82) is 0 Å². The first-order valence-electron chi connectivity index (χ1n) is 9.59. The summed E-state index contributed by atoms with van der Waals surface area (Å²) < 4.78 is 27.1. The molecule has 4 N–H and O–H groups in total. The van der Waals surface area contributed by atoms with E-state index in [4.69, 9.17) is 5.73 Å². The lowest BCUT2D eigenvalue weighted by molar-refractivity contribution is -0.118. The maximum atomic E-state index is 13.0. The maximum Gasteiger partial charge on any atom is 0.263 e. The normalized spacial score (nSPS) is 17.6. The van der Waals surface area contributed by atoms with Crippen molar-refractivity contribution in [2.75, 3.05) is 5.32 Å². The summed E-state index contributed by atoms with van der Waals surface area (Å²) in [5.74, 6) is -0.728. The zero-order valence-electron chi connectivity index (χ0n) is 16.8. The number of aliphatic imine (C=N–C) groups is 1. The molecular weight excluding hydrogens is 404 g/mol. The molecule has 0 aromatic heterocycles. The van der Waals surface area contributed by atoms with Crippen molar-refractivity contribution in [3.63, 3.8) is 0 Å². The zero-order valence-corrected chi connectivity index (χ0v) is 17.6. The number of anilines is 1. The van der Waals surface area contributed by atoms with Crippen molar-refractivity contribution in [3.8, 4) is 0 Å². The number of hydrogen-bond acceptors (Lipinski definition) is 5. The molecule has 30 heavy (non-hydrogen) atoms. The minimum Gasteiger partial charge on any atom is -0.369 e. The number of sulfonamides is 1. The molecule has 3 rings (SSSR count). The van der Waals surface area contributed by atoms with Crippen molar-refractivity contribution in [2.24, 2.45) is 16.6 Å². The van der Waals surface area contributed by atoms with Crippen molar-refractivity contribution in [2.45, 2.75) is 37.6 Å². The fraction of sp³-hybridized carbons (Fsp3) is 0.286. The monoisotopic (exact) mass is 428 g/mol. The molecule has 0 fully saturated rings. The fourth-order valence-electron chi connectivity index (χ4n) is 3.16. The minimum absolute atomic E-state index is 0.121. The number of nitrogens with one attached hydrogen (secondary N) is 2. The van der Waals surface area contributed by atoms with Gasteiger partial charge in [-0.2, -0.15) is 0 Å². The van der Waals surface area contributed by atoms with Crippen molar-refractivity contribution in [3.05, 3.63) is 59.7 Å². The van der Waals surface area contributed by atoms with Crippen LogP contribution in [-0.2, 0) is 26.0 Å². The van der Waals surface area contributed by atoms with E-state index < -0.39 is 22.0 Å². The van der Waals surface area contributed by atoms with Gasteiger partial charge < -0.3 is 11.1 Å². The molecular formula is C21H24N4O4S. The van der Waals surface area contributed by atoms with Gasteiger partial charge in [0.15, 0.2) is 0 Å². The number of primary amides is 1. The Morgan fingerprint density at radius 3 is 2.43 bits per heavy atom. The van der Waals surface area contributed by atoms with Crippen LogP contribution in [0.25, 0.3) is 0 Å². The predicted molar refractivity (Wildman–Crippen MR) is 115 cm³/mol. The quantitative estimate of drug-likeness (QED) is 0.621. The molecule has 1 aliphatic rings. The van der Waals surface area contributed by atoms with Crippen molar-refractivity contribution in [1.82, 2.24) is 4.72 Å². The summed E-state index contributed by atoms with van der Waals surface area (Å²) >= 11 is 0. The van der Waals surface area contributed by atoms with Gasteiger partial charge >= 0.3 is 0 Å². The Morgan fingerprint density at radius 1 is 1.13 bits per heavy atom. The van der Waals surface area contributed by atoms with Gasteiger partial charge in [0.2, 0.25) is 11.8 Å². The van der Waals surface area contributed by atoms with Crippen LogP contribution in [0.5, 0.6) is 0 Å². The third-order valence-corrected chi connectivity index (χ3v) is 6.38. The van der Waals surface area contributed by atoms with Crippen LogP contribution in [0.1, 0.15) is 31.4 Å². The summed E-state index contributed by atoms with van der Waals surface area (Å²) in [6.07, 6.45) is 0.803. The van der Waals surface area contributed by atoms with Gasteiger partial charge in [0, 0.05) is 11.3 Å². The number of amidine groups is 1. The number of benzene rings is 2. The van der Waals surface area contributed by atoms with E-state index in [2.05, 4.69) is 15.0 Å². The molecule has 0 unspecified atom stereocenters. The van der Waals surface area contributed by atoms with Crippen LogP contribution in [-0.4, -0.2) is 32.1 Å². The maximum absolute atomic E-state index is 13.0. The number of fused-ring (bicyclic) bond motifs is 1. The number of nitrogens with two attached hydrogens (primary N) is 1. The van der Waals surface area contributed by atoms with E-state index in [1.807, 2.05) is 13.8 Å². The van der Waals surface area contributed by atoms with Gasteiger partial charge in [-0.15, -0.1) is 0 Å². The van der Waals surface area contributed by atoms with Gasteiger partial charge in [0.1, 0.15) is 11.9 Å². The molecule has 0 radical (unpaired) electrons. The molecule has 0 spiro atoms. The molecule has 0 bridgehead atoms. The number of nitrogens with zero attached hydrogens (tertiary/aromatic N) is 1. The van der Waals surface area contributed by atoms with Crippen LogP contribution < -0.4 is 15.8 Å². The van der Waals surface area contributed by atoms with Crippen LogP contribution >= 0.6 is 0 Å². The zero-order chi connectivity index (χ0) is 21.9. The molecule has 0 saturated heterocycles. The third kappa shape index (κ3) is 4.68. The summed E-state index contributed by atoms with van der Waals surface area (Å²) in [5, 5.41) is 2.82. The first-order chi connectivity index (χ1) is 14.2. The molecule has 2 atom stereocenters. The SMILES string of the molecule is CC[C@H](C)[C@H](N=C1NS(=O)(=O)c2ccccc21)C(=O)Nc1ccc(CC(N)=O)cc1. The highest BCUT2D eigenvalue weighted by molar-refractivity contribution is 7.90. The molecule has 0 aliphatic carbocycles. The Kier molecular flexibility index (Phi) is 6.21. The van der Waals surface area contributed by atoms with Crippen LogP contribution in [0.2, 0.25) is 0 Å². The largest absolute Gasteiger partial charge is 0.369 e. The van der Waals surface area contributed by atoms with E-state index in [9.17, 15) is 18.0 Å². The van der Waals surface area contributed by atoms with Crippen molar-refractivity contribution >= 4 is 33.4 Å². The Balaban J connectivity index is 1.86. The van der Waals surface area contributed by atoms with Gasteiger partial charge in [-0.1, -0.05) is 44.5 Å². The third-order valence-electron chi connectivity index (χ3n) is 4.98. The van der Waals surface area contributed by atoms with Crippen LogP contribution in [0.4, 0.5) is 5.69 Å². The van der Waals surface area contributed by atoms with E-state index in [0.29, 0.717) is 17.7 Å². The lowest BCUT2D eigenvalue weighted by Gasteiger charge is -2.19. The van der Waals surface area contributed by atoms with Gasteiger partial charge in [0.05, 0.1) is 11.3 Å². The average Bonchev–Trinajstić information content (AvgIpc) is 2.97. The van der Waals surface area contributed by atoms with Crippen molar-refractivity contribution < 1.29 is 18.0 Å². The second-order valence-electron chi connectivity index (χ2n) is 7.24. The lowest BCUT2D eigenvalue weighted by Crippen LogP contribution is -2.34. The van der Waals surface area contributed by atoms with Gasteiger partial charge in [-0.25, -0.2) is 8.42 Å². The van der Waals surface area contributed by atoms with E-state index in [-0.39, 0.29) is 29.0 Å². The molecule has 158 valence electrons. The summed E-state index contributed by atoms with van der Waals surface area (Å²) in [5.41, 5.74) is 6.94. The molecule has 2 aromatic carbocycles. The van der Waals surface area contributed by atoms with Gasteiger partial charge in [-0.05, 0) is 35.7 Å². The molecule has 2 aromatic rings. The molecule has 0 saturated carbocycles. The summed E-state index contributed by atoms with van der Waals surface area (Å²) in [7, 11) is -3.68. The highest BCUT2D eigenvalue weighted by Gasteiger charge is 2.33. The lowest BCUT2D eigenvalue weighted by atomic mass is 9.98. The Bertz CT molecular complexity index is 1090. The Morgan fingerprint density at radius 2 is 1.80 bits per heavy atom. The second-order valence-corrected chi connectivity index (χ2v) is 8.89. The Labute approximate surface area is 175 Å². The number of rotatable bonds is 7. The van der Waals surface area contributed by atoms with Gasteiger partial charge in [0.25, 0.3) is 10.0 Å². The summed E-state index contributed by atoms with van der Waals surface area (Å²) in [4.78, 5) is 28.6. The number of hydrogen-bond donors (Lipinski definition) is 3. The molecule has 9 heteroatoms. The highest BCUT2D eigenvalue weighted by Crippen LogP contribution is 2.24. The second kappa shape index (κ2) is 8.66. The minimum atomic E-state index is -3.68. The summed E-state index contributed by atoms with van der Waals surface area (Å²) in [6.45, 7) is 3.83. The highest BCUT2D eigenvalue weighted by atomic mass is 32.2. The van der Waals surface area contributed by atoms with Gasteiger partial charge in [-0.3, -0.25) is 19.3 Å². The predicted octanol–water partition coefficient (Wildman–Crippen LogP) is 1.81. The van der Waals surface area contributed by atoms with E-state index in [1.165, 1.54) is 6.07 Å². The first kappa shape index (κ1) is 21.5. The first-order valence-corrected chi connectivity index (χ1v) is 11.1.